The molecule has 4 nitrogen and oxygen atoms in total. The Morgan fingerprint density at radius 2 is 1.62 bits per heavy atom. The standard InChI is InChI=1S/C21H25N3O.ClH/c1-15-7-3-4-8-18(15)16(2)23-19-9-5-6-10-20(19)24(21(23)25)17-11-13-22-14-12-17;/h3-10,16-17,22H,11-14H2,1-2H3;1H. The van der Waals surface area contributed by atoms with Crippen LogP contribution in [-0.2, 0) is 0 Å². The fourth-order valence-electron chi connectivity index (χ4n) is 4.18. The van der Waals surface area contributed by atoms with Crippen molar-refractivity contribution in [3.05, 3.63) is 70.1 Å². The highest BCUT2D eigenvalue weighted by atomic mass is 35.5. The summed E-state index contributed by atoms with van der Waals surface area (Å²) in [4.78, 5) is 13.4. The normalized spacial score (nSPS) is 16.4. The minimum atomic E-state index is 0. The highest BCUT2D eigenvalue weighted by Crippen LogP contribution is 2.28. The van der Waals surface area contributed by atoms with Crippen LogP contribution in [0.3, 0.4) is 0 Å². The number of benzene rings is 2. The van der Waals surface area contributed by atoms with Gasteiger partial charge in [-0.1, -0.05) is 36.4 Å². The van der Waals surface area contributed by atoms with Crippen LogP contribution in [0.4, 0.5) is 0 Å². The molecule has 3 aromatic rings. The summed E-state index contributed by atoms with van der Waals surface area (Å²) in [7, 11) is 0. The zero-order chi connectivity index (χ0) is 17.4. The summed E-state index contributed by atoms with van der Waals surface area (Å²) in [6.45, 7) is 6.19. The van der Waals surface area contributed by atoms with Crippen LogP contribution in [0.25, 0.3) is 11.0 Å². The highest BCUT2D eigenvalue weighted by molar-refractivity contribution is 5.85. The fourth-order valence-corrected chi connectivity index (χ4v) is 4.18. The van der Waals surface area contributed by atoms with Crippen molar-refractivity contribution in [3.63, 3.8) is 0 Å². The van der Waals surface area contributed by atoms with Gasteiger partial charge in [0, 0.05) is 6.04 Å². The van der Waals surface area contributed by atoms with E-state index < -0.39 is 0 Å². The van der Waals surface area contributed by atoms with Gasteiger partial charge in [-0.3, -0.25) is 9.13 Å². The van der Waals surface area contributed by atoms with E-state index in [-0.39, 0.29) is 30.2 Å². The number of hydrogen-bond donors (Lipinski definition) is 1. The van der Waals surface area contributed by atoms with Gasteiger partial charge in [-0.25, -0.2) is 4.79 Å². The SMILES string of the molecule is Cc1ccccc1C(C)n1c(=O)n(C2CCNCC2)c2ccccc21.Cl. The van der Waals surface area contributed by atoms with Gasteiger partial charge in [0.05, 0.1) is 17.1 Å². The van der Waals surface area contributed by atoms with E-state index in [1.54, 1.807) is 0 Å². The number of aryl methyl sites for hydroxylation is 1. The van der Waals surface area contributed by atoms with Gasteiger partial charge in [0.2, 0.25) is 0 Å². The van der Waals surface area contributed by atoms with Gasteiger partial charge in [0.1, 0.15) is 0 Å². The van der Waals surface area contributed by atoms with Gasteiger partial charge in [0.15, 0.2) is 0 Å². The van der Waals surface area contributed by atoms with Crippen LogP contribution in [0, 0.1) is 6.92 Å². The van der Waals surface area contributed by atoms with Gasteiger partial charge in [-0.2, -0.15) is 0 Å². The molecule has 1 fully saturated rings. The minimum absolute atomic E-state index is 0. The molecule has 0 amide bonds. The second-order valence-corrected chi connectivity index (χ2v) is 7.03. The number of halogens is 1. The van der Waals surface area contributed by atoms with Crippen molar-refractivity contribution in [2.24, 2.45) is 0 Å². The molecule has 0 radical (unpaired) electrons. The van der Waals surface area contributed by atoms with E-state index in [2.05, 4.69) is 49.5 Å². The summed E-state index contributed by atoms with van der Waals surface area (Å²) in [6.07, 6.45) is 2.01. The molecule has 5 heteroatoms. The molecule has 1 saturated heterocycles. The first-order valence-corrected chi connectivity index (χ1v) is 9.16. The molecule has 1 N–H and O–H groups in total. The smallest absolute Gasteiger partial charge is 0.317 e. The molecule has 1 aliphatic rings. The van der Waals surface area contributed by atoms with Crippen LogP contribution in [0.5, 0.6) is 0 Å². The predicted octanol–water partition coefficient (Wildman–Crippen LogP) is 4.07. The van der Waals surface area contributed by atoms with Gasteiger partial charge < -0.3 is 5.32 Å². The minimum Gasteiger partial charge on any atom is -0.317 e. The predicted molar refractivity (Wildman–Crippen MR) is 110 cm³/mol. The second-order valence-electron chi connectivity index (χ2n) is 7.03. The van der Waals surface area contributed by atoms with Crippen molar-refractivity contribution in [1.82, 2.24) is 14.5 Å². The summed E-state index contributed by atoms with van der Waals surface area (Å²) < 4.78 is 4.00. The lowest BCUT2D eigenvalue weighted by molar-refractivity contribution is 0.363. The monoisotopic (exact) mass is 371 g/mol. The van der Waals surface area contributed by atoms with Crippen LogP contribution in [0.2, 0.25) is 0 Å². The molecule has 26 heavy (non-hydrogen) atoms. The number of nitrogens with one attached hydrogen (secondary N) is 1. The van der Waals surface area contributed by atoms with Gasteiger partial charge in [-0.05, 0) is 63.0 Å². The molecule has 1 unspecified atom stereocenters. The molecule has 138 valence electrons. The average molecular weight is 372 g/mol. The Balaban J connectivity index is 0.00000196. The van der Waals surface area contributed by atoms with Crippen molar-refractivity contribution in [3.8, 4) is 0 Å². The number of fused-ring (bicyclic) bond motifs is 1. The van der Waals surface area contributed by atoms with Crippen LogP contribution in [0.15, 0.2) is 53.3 Å². The Morgan fingerprint density at radius 1 is 1.00 bits per heavy atom. The third-order valence-electron chi connectivity index (χ3n) is 5.51. The third kappa shape index (κ3) is 3.08. The van der Waals surface area contributed by atoms with Crippen molar-refractivity contribution in [2.75, 3.05) is 13.1 Å². The lowest BCUT2D eigenvalue weighted by Gasteiger charge is -2.24. The Kier molecular flexibility index (Phi) is 5.54. The number of piperidine rings is 1. The summed E-state index contributed by atoms with van der Waals surface area (Å²) in [5.41, 5.74) is 4.63. The van der Waals surface area contributed by atoms with Crippen molar-refractivity contribution >= 4 is 23.4 Å². The van der Waals surface area contributed by atoms with E-state index in [0.717, 1.165) is 37.0 Å². The van der Waals surface area contributed by atoms with Crippen LogP contribution < -0.4 is 11.0 Å². The van der Waals surface area contributed by atoms with Crippen molar-refractivity contribution in [1.29, 1.82) is 0 Å². The molecule has 0 bridgehead atoms. The summed E-state index contributed by atoms with van der Waals surface area (Å²) in [6, 6.07) is 16.8. The molecule has 2 heterocycles. The number of aromatic nitrogens is 2. The first kappa shape index (κ1) is 18.7. The first-order chi connectivity index (χ1) is 12.2. The summed E-state index contributed by atoms with van der Waals surface area (Å²) >= 11 is 0. The molecular formula is C21H26ClN3O. The Hall–Kier alpha value is -2.04. The number of imidazole rings is 1. The average Bonchev–Trinajstić information content (AvgIpc) is 2.94. The van der Waals surface area contributed by atoms with Crippen LogP contribution in [-0.4, -0.2) is 22.2 Å². The topological polar surface area (TPSA) is 39.0 Å². The lowest BCUT2D eigenvalue weighted by atomic mass is 10.0. The molecule has 0 spiro atoms. The van der Waals surface area contributed by atoms with E-state index in [0.29, 0.717) is 0 Å². The van der Waals surface area contributed by atoms with E-state index in [1.807, 2.05) is 27.3 Å². The number of rotatable bonds is 3. The first-order valence-electron chi connectivity index (χ1n) is 9.16. The Morgan fingerprint density at radius 3 is 2.31 bits per heavy atom. The Bertz CT molecular complexity index is 953. The number of hydrogen-bond acceptors (Lipinski definition) is 2. The maximum Gasteiger partial charge on any atom is 0.329 e. The van der Waals surface area contributed by atoms with Crippen LogP contribution >= 0.6 is 12.4 Å². The van der Waals surface area contributed by atoms with E-state index in [4.69, 9.17) is 0 Å². The zero-order valence-electron chi connectivity index (χ0n) is 15.3. The van der Waals surface area contributed by atoms with Gasteiger partial charge in [-0.15, -0.1) is 12.4 Å². The molecule has 1 aliphatic heterocycles. The van der Waals surface area contributed by atoms with E-state index in [9.17, 15) is 4.79 Å². The largest absolute Gasteiger partial charge is 0.329 e. The maximum absolute atomic E-state index is 13.4. The number of para-hydroxylation sites is 2. The molecule has 1 atom stereocenters. The lowest BCUT2D eigenvalue weighted by Crippen LogP contribution is -2.35. The van der Waals surface area contributed by atoms with Gasteiger partial charge >= 0.3 is 5.69 Å². The summed E-state index contributed by atoms with van der Waals surface area (Å²) in [5, 5.41) is 3.39. The Labute approximate surface area is 160 Å². The summed E-state index contributed by atoms with van der Waals surface area (Å²) in [5.74, 6) is 0. The van der Waals surface area contributed by atoms with E-state index in [1.165, 1.54) is 11.1 Å². The maximum atomic E-state index is 13.4. The molecule has 0 saturated carbocycles. The molecular weight excluding hydrogens is 346 g/mol. The third-order valence-corrected chi connectivity index (χ3v) is 5.51. The van der Waals surface area contributed by atoms with Crippen LogP contribution in [0.1, 0.15) is 43.0 Å². The van der Waals surface area contributed by atoms with E-state index >= 15 is 0 Å². The zero-order valence-corrected chi connectivity index (χ0v) is 16.1. The molecule has 2 aromatic carbocycles. The highest BCUT2D eigenvalue weighted by Gasteiger charge is 2.24. The molecule has 0 aliphatic carbocycles. The second kappa shape index (κ2) is 7.68. The van der Waals surface area contributed by atoms with Gasteiger partial charge in [0.25, 0.3) is 0 Å². The molecule has 4 rings (SSSR count). The van der Waals surface area contributed by atoms with Crippen molar-refractivity contribution in [2.45, 2.75) is 38.8 Å². The fraction of sp³-hybridized carbons (Fsp3) is 0.381. The molecule has 1 aromatic heterocycles. The van der Waals surface area contributed by atoms with Crippen molar-refractivity contribution < 1.29 is 0 Å². The number of nitrogens with zero attached hydrogens (tertiary/aromatic N) is 2. The quantitative estimate of drug-likeness (QED) is 0.753.